The van der Waals surface area contributed by atoms with Gasteiger partial charge in [0.05, 0.1) is 11.8 Å². The normalized spacial score (nSPS) is 10.2. The average molecular weight is 311 g/mol. The molecule has 0 atom stereocenters. The molecule has 0 aliphatic rings. The van der Waals surface area contributed by atoms with Crippen LogP contribution < -0.4 is 10.2 Å². The van der Waals surface area contributed by atoms with E-state index in [1.54, 1.807) is 24.3 Å². The zero-order valence-corrected chi connectivity index (χ0v) is 11.9. The minimum atomic E-state index is -0.534. The summed E-state index contributed by atoms with van der Waals surface area (Å²) in [6.45, 7) is -0.317. The molecule has 7 nitrogen and oxygen atoms in total. The predicted molar refractivity (Wildman–Crippen MR) is 82.2 cm³/mol. The van der Waals surface area contributed by atoms with Crippen molar-refractivity contribution >= 4 is 12.1 Å². The fourth-order valence-corrected chi connectivity index (χ4v) is 1.69. The van der Waals surface area contributed by atoms with E-state index in [9.17, 15) is 15.0 Å². The van der Waals surface area contributed by atoms with E-state index in [-0.39, 0.29) is 23.7 Å². The Kier molecular flexibility index (Phi) is 5.15. The SMILES string of the molecule is N#Cc1ccccc1OCC(=O)N/N=C/c1cccc(O)c1O. The summed E-state index contributed by atoms with van der Waals surface area (Å²) in [6, 6.07) is 12.9. The summed E-state index contributed by atoms with van der Waals surface area (Å²) >= 11 is 0. The second kappa shape index (κ2) is 7.47. The van der Waals surface area contributed by atoms with E-state index in [0.717, 1.165) is 0 Å². The third-order valence-electron chi connectivity index (χ3n) is 2.81. The summed E-state index contributed by atoms with van der Waals surface area (Å²) in [4.78, 5) is 11.6. The standard InChI is InChI=1S/C16H13N3O4/c17-8-11-4-1-2-7-14(11)23-10-15(21)19-18-9-12-5-3-6-13(20)16(12)22/h1-7,9,20,22H,10H2,(H,19,21)/b18-9+. The van der Waals surface area contributed by atoms with Crippen molar-refractivity contribution in [3.63, 3.8) is 0 Å². The van der Waals surface area contributed by atoms with Crippen molar-refractivity contribution in [2.75, 3.05) is 6.61 Å². The molecule has 0 heterocycles. The van der Waals surface area contributed by atoms with E-state index in [1.807, 2.05) is 6.07 Å². The van der Waals surface area contributed by atoms with Crippen LogP contribution in [0.4, 0.5) is 0 Å². The maximum atomic E-state index is 11.6. The van der Waals surface area contributed by atoms with Crippen LogP contribution in [0.25, 0.3) is 0 Å². The number of carbonyl (C=O) groups is 1. The molecule has 116 valence electrons. The van der Waals surface area contributed by atoms with Gasteiger partial charge in [-0.05, 0) is 24.3 Å². The lowest BCUT2D eigenvalue weighted by atomic mass is 10.2. The molecule has 1 amide bonds. The number of hydrogen-bond donors (Lipinski definition) is 3. The number of carbonyl (C=O) groups excluding carboxylic acids is 1. The van der Waals surface area contributed by atoms with Crippen LogP contribution in [0.3, 0.4) is 0 Å². The minimum Gasteiger partial charge on any atom is -0.504 e. The Hall–Kier alpha value is -3.53. The molecule has 7 heteroatoms. The molecule has 0 bridgehead atoms. The summed E-state index contributed by atoms with van der Waals surface area (Å²) in [5.41, 5.74) is 2.79. The van der Waals surface area contributed by atoms with Crippen LogP contribution >= 0.6 is 0 Å². The zero-order valence-electron chi connectivity index (χ0n) is 11.9. The molecule has 0 fully saturated rings. The topological polar surface area (TPSA) is 115 Å². The van der Waals surface area contributed by atoms with Crippen LogP contribution in [0.15, 0.2) is 47.6 Å². The van der Waals surface area contributed by atoms with Gasteiger partial charge in [-0.3, -0.25) is 4.79 Å². The van der Waals surface area contributed by atoms with Gasteiger partial charge in [0.1, 0.15) is 11.8 Å². The first-order valence-corrected chi connectivity index (χ1v) is 6.56. The smallest absolute Gasteiger partial charge is 0.277 e. The molecule has 23 heavy (non-hydrogen) atoms. The van der Waals surface area contributed by atoms with Gasteiger partial charge in [-0.25, -0.2) is 5.43 Å². The molecule has 0 unspecified atom stereocenters. The largest absolute Gasteiger partial charge is 0.504 e. The van der Waals surface area contributed by atoms with Crippen molar-refractivity contribution in [3.05, 3.63) is 53.6 Å². The summed E-state index contributed by atoms with van der Waals surface area (Å²) in [7, 11) is 0. The molecule has 0 aliphatic carbocycles. The minimum absolute atomic E-state index is 0.251. The molecule has 3 N–H and O–H groups in total. The highest BCUT2D eigenvalue weighted by atomic mass is 16.5. The number of rotatable bonds is 5. The van der Waals surface area contributed by atoms with Gasteiger partial charge in [-0.2, -0.15) is 10.4 Å². The van der Waals surface area contributed by atoms with Gasteiger partial charge in [0.2, 0.25) is 0 Å². The van der Waals surface area contributed by atoms with E-state index < -0.39 is 5.91 Å². The molecule has 2 aromatic rings. The van der Waals surface area contributed by atoms with Gasteiger partial charge in [-0.15, -0.1) is 0 Å². The first-order valence-electron chi connectivity index (χ1n) is 6.56. The molecule has 0 saturated heterocycles. The molecule has 0 radical (unpaired) electrons. The fraction of sp³-hybridized carbons (Fsp3) is 0.0625. The number of phenolic OH excluding ortho intramolecular Hbond substituents is 2. The van der Waals surface area contributed by atoms with Crippen LogP contribution in [0.5, 0.6) is 17.2 Å². The lowest BCUT2D eigenvalue weighted by molar-refractivity contribution is -0.123. The van der Waals surface area contributed by atoms with Crippen LogP contribution in [0.2, 0.25) is 0 Å². The first kappa shape index (κ1) is 15.9. The number of hydrogen-bond acceptors (Lipinski definition) is 6. The zero-order chi connectivity index (χ0) is 16.7. The van der Waals surface area contributed by atoms with Crippen LogP contribution in [-0.4, -0.2) is 28.9 Å². The highest BCUT2D eigenvalue weighted by Gasteiger charge is 2.06. The molecule has 2 rings (SSSR count). The van der Waals surface area contributed by atoms with E-state index in [4.69, 9.17) is 10.00 Å². The number of nitrogens with one attached hydrogen (secondary N) is 1. The van der Waals surface area contributed by atoms with Crippen molar-refractivity contribution in [2.45, 2.75) is 0 Å². The maximum Gasteiger partial charge on any atom is 0.277 e. The molecular weight excluding hydrogens is 298 g/mol. The molecule has 0 aliphatic heterocycles. The first-order chi connectivity index (χ1) is 11.1. The van der Waals surface area contributed by atoms with Gasteiger partial charge < -0.3 is 14.9 Å². The van der Waals surface area contributed by atoms with Crippen LogP contribution in [0, 0.1) is 11.3 Å². The Morgan fingerprint density at radius 3 is 2.83 bits per heavy atom. The van der Waals surface area contributed by atoms with Gasteiger partial charge in [-0.1, -0.05) is 18.2 Å². The van der Waals surface area contributed by atoms with E-state index >= 15 is 0 Å². The molecule has 0 spiro atoms. The number of amides is 1. The second-order valence-electron chi connectivity index (χ2n) is 4.40. The van der Waals surface area contributed by atoms with Gasteiger partial charge >= 0.3 is 0 Å². The Balaban J connectivity index is 1.89. The van der Waals surface area contributed by atoms with Crippen molar-refractivity contribution in [1.29, 1.82) is 5.26 Å². The fourth-order valence-electron chi connectivity index (χ4n) is 1.69. The van der Waals surface area contributed by atoms with E-state index in [0.29, 0.717) is 11.3 Å². The molecule has 0 saturated carbocycles. The number of para-hydroxylation sites is 2. The lowest BCUT2D eigenvalue weighted by Gasteiger charge is -2.06. The van der Waals surface area contributed by atoms with Crippen molar-refractivity contribution < 1.29 is 19.7 Å². The average Bonchev–Trinajstić information content (AvgIpc) is 2.57. The number of aromatic hydroxyl groups is 2. The Bertz CT molecular complexity index is 781. The summed E-state index contributed by atoms with van der Waals surface area (Å²) in [5.74, 6) is -0.838. The maximum absolute atomic E-state index is 11.6. The summed E-state index contributed by atoms with van der Waals surface area (Å²) < 4.78 is 5.24. The Labute approximate surface area is 132 Å². The Morgan fingerprint density at radius 2 is 2.04 bits per heavy atom. The lowest BCUT2D eigenvalue weighted by Crippen LogP contribution is -2.24. The quantitative estimate of drug-likeness (QED) is 0.440. The van der Waals surface area contributed by atoms with Crippen LogP contribution in [0.1, 0.15) is 11.1 Å². The van der Waals surface area contributed by atoms with Gasteiger partial charge in [0, 0.05) is 5.56 Å². The number of nitrogens with zero attached hydrogens (tertiary/aromatic N) is 2. The number of ether oxygens (including phenoxy) is 1. The molecule has 2 aromatic carbocycles. The second-order valence-corrected chi connectivity index (χ2v) is 4.40. The summed E-state index contributed by atoms with van der Waals surface area (Å²) in [6.07, 6.45) is 1.19. The number of hydrazone groups is 1. The van der Waals surface area contributed by atoms with Crippen LogP contribution in [-0.2, 0) is 4.79 Å². The predicted octanol–water partition coefficient (Wildman–Crippen LogP) is 1.50. The third kappa shape index (κ3) is 4.22. The van der Waals surface area contributed by atoms with Gasteiger partial charge in [0.15, 0.2) is 18.1 Å². The monoisotopic (exact) mass is 311 g/mol. The highest BCUT2D eigenvalue weighted by molar-refractivity contribution is 5.86. The Morgan fingerprint density at radius 1 is 1.26 bits per heavy atom. The number of phenols is 2. The number of nitriles is 1. The number of benzene rings is 2. The highest BCUT2D eigenvalue weighted by Crippen LogP contribution is 2.26. The van der Waals surface area contributed by atoms with Crippen molar-refractivity contribution in [1.82, 2.24) is 5.43 Å². The van der Waals surface area contributed by atoms with E-state index in [1.165, 1.54) is 24.4 Å². The molecular formula is C16H13N3O4. The van der Waals surface area contributed by atoms with Crippen molar-refractivity contribution in [3.8, 4) is 23.3 Å². The van der Waals surface area contributed by atoms with E-state index in [2.05, 4.69) is 10.5 Å². The third-order valence-corrected chi connectivity index (χ3v) is 2.81. The molecule has 0 aromatic heterocycles. The summed E-state index contributed by atoms with van der Waals surface area (Å²) in [5, 5.41) is 31.4. The van der Waals surface area contributed by atoms with Crippen molar-refractivity contribution in [2.24, 2.45) is 5.10 Å². The van der Waals surface area contributed by atoms with Gasteiger partial charge in [0.25, 0.3) is 5.91 Å².